The smallest absolute Gasteiger partial charge is 0.237 e. The quantitative estimate of drug-likeness (QED) is 0.790. The molecule has 0 saturated heterocycles. The summed E-state index contributed by atoms with van der Waals surface area (Å²) in [7, 11) is 0. The van der Waals surface area contributed by atoms with E-state index in [1.54, 1.807) is 13.0 Å². The van der Waals surface area contributed by atoms with Crippen LogP contribution in [0.15, 0.2) is 29.2 Å². The third-order valence-electron chi connectivity index (χ3n) is 2.41. The zero-order valence-corrected chi connectivity index (χ0v) is 10.8. The molecule has 0 aromatic heterocycles. The minimum absolute atomic E-state index is 0.0827. The van der Waals surface area contributed by atoms with Gasteiger partial charge in [0.25, 0.3) is 0 Å². The van der Waals surface area contributed by atoms with Crippen molar-refractivity contribution in [1.29, 1.82) is 0 Å². The molecule has 1 aromatic rings. The lowest BCUT2D eigenvalue weighted by Crippen LogP contribution is -2.50. The van der Waals surface area contributed by atoms with Gasteiger partial charge in [-0.15, -0.1) is 11.8 Å². The topological polar surface area (TPSA) is 69.1 Å². The van der Waals surface area contributed by atoms with Gasteiger partial charge in [0, 0.05) is 10.1 Å². The van der Waals surface area contributed by atoms with E-state index in [-0.39, 0.29) is 11.1 Å². The molecule has 0 radical (unpaired) electrons. The van der Waals surface area contributed by atoms with E-state index in [0.717, 1.165) is 4.90 Å². The van der Waals surface area contributed by atoms with Crippen molar-refractivity contribution < 1.29 is 9.18 Å². The lowest BCUT2D eigenvalue weighted by atomic mass is 9.97. The molecule has 2 atom stereocenters. The first-order valence-electron chi connectivity index (χ1n) is 5.32. The Bertz CT molecular complexity index is 409. The van der Waals surface area contributed by atoms with Crippen LogP contribution in [0.25, 0.3) is 0 Å². The molecule has 0 saturated carbocycles. The van der Waals surface area contributed by atoms with Crippen molar-refractivity contribution in [3.63, 3.8) is 0 Å². The van der Waals surface area contributed by atoms with Gasteiger partial charge in [-0.1, -0.05) is 13.0 Å². The van der Waals surface area contributed by atoms with Gasteiger partial charge in [-0.3, -0.25) is 4.79 Å². The van der Waals surface area contributed by atoms with Crippen LogP contribution in [0, 0.1) is 5.82 Å². The SMILES string of the molecule is CC(CC(C)(N)C(N)=O)Sc1cccc(F)c1. The number of halogens is 1. The van der Waals surface area contributed by atoms with E-state index in [2.05, 4.69) is 0 Å². The molecule has 0 fully saturated rings. The number of primary amides is 1. The first kappa shape index (κ1) is 14.0. The molecule has 2 unspecified atom stereocenters. The van der Waals surface area contributed by atoms with Crippen molar-refractivity contribution in [1.82, 2.24) is 0 Å². The van der Waals surface area contributed by atoms with Crippen LogP contribution in [0.3, 0.4) is 0 Å². The predicted molar refractivity (Wildman–Crippen MR) is 68.1 cm³/mol. The molecule has 1 aromatic carbocycles. The van der Waals surface area contributed by atoms with Gasteiger partial charge in [-0.05, 0) is 31.5 Å². The van der Waals surface area contributed by atoms with Crippen LogP contribution < -0.4 is 11.5 Å². The molecule has 0 spiro atoms. The Balaban J connectivity index is 2.61. The highest BCUT2D eigenvalue weighted by Gasteiger charge is 2.28. The number of benzene rings is 1. The van der Waals surface area contributed by atoms with Gasteiger partial charge in [-0.25, -0.2) is 4.39 Å². The highest BCUT2D eigenvalue weighted by atomic mass is 32.2. The molecule has 0 aliphatic rings. The number of carbonyl (C=O) groups is 1. The second-order valence-electron chi connectivity index (χ2n) is 4.37. The third kappa shape index (κ3) is 4.36. The number of thioether (sulfide) groups is 1. The maximum atomic E-state index is 13.0. The molecule has 17 heavy (non-hydrogen) atoms. The van der Waals surface area contributed by atoms with Crippen molar-refractivity contribution >= 4 is 17.7 Å². The fraction of sp³-hybridized carbons (Fsp3) is 0.417. The number of rotatable bonds is 5. The standard InChI is InChI=1S/C12H17FN2OS/c1-8(7-12(2,15)11(14)16)17-10-5-3-4-9(13)6-10/h3-6,8H,7,15H2,1-2H3,(H2,14,16). The van der Waals surface area contributed by atoms with E-state index in [0.29, 0.717) is 6.42 Å². The number of nitrogens with two attached hydrogens (primary N) is 2. The van der Waals surface area contributed by atoms with Gasteiger partial charge in [0.2, 0.25) is 5.91 Å². The summed E-state index contributed by atoms with van der Waals surface area (Å²) in [6.45, 7) is 3.54. The summed E-state index contributed by atoms with van der Waals surface area (Å²) in [5.41, 5.74) is 9.96. The van der Waals surface area contributed by atoms with E-state index >= 15 is 0 Å². The molecule has 3 nitrogen and oxygen atoms in total. The van der Waals surface area contributed by atoms with E-state index in [4.69, 9.17) is 11.5 Å². The number of hydrogen-bond acceptors (Lipinski definition) is 3. The molecule has 94 valence electrons. The number of carbonyl (C=O) groups excluding carboxylic acids is 1. The largest absolute Gasteiger partial charge is 0.368 e. The Labute approximate surface area is 105 Å². The third-order valence-corrected chi connectivity index (χ3v) is 3.50. The average molecular weight is 256 g/mol. The lowest BCUT2D eigenvalue weighted by Gasteiger charge is -2.24. The van der Waals surface area contributed by atoms with Gasteiger partial charge in [0.05, 0.1) is 5.54 Å². The molecule has 0 aliphatic heterocycles. The van der Waals surface area contributed by atoms with Crippen LogP contribution >= 0.6 is 11.8 Å². The minimum atomic E-state index is -1.03. The lowest BCUT2D eigenvalue weighted by molar-refractivity contribution is -0.122. The summed E-state index contributed by atoms with van der Waals surface area (Å²) in [6, 6.07) is 6.33. The van der Waals surface area contributed by atoms with Crippen molar-refractivity contribution in [2.45, 2.75) is 36.0 Å². The Morgan fingerprint density at radius 3 is 2.76 bits per heavy atom. The van der Waals surface area contributed by atoms with Crippen LogP contribution in [0.2, 0.25) is 0 Å². The predicted octanol–water partition coefficient (Wildman–Crippen LogP) is 1.90. The Morgan fingerprint density at radius 1 is 1.59 bits per heavy atom. The maximum Gasteiger partial charge on any atom is 0.237 e. The van der Waals surface area contributed by atoms with Gasteiger partial charge in [-0.2, -0.15) is 0 Å². The van der Waals surface area contributed by atoms with Crippen LogP contribution in [0.5, 0.6) is 0 Å². The van der Waals surface area contributed by atoms with Crippen molar-refractivity contribution in [3.05, 3.63) is 30.1 Å². The molecular formula is C12H17FN2OS. The zero-order valence-electron chi connectivity index (χ0n) is 9.94. The first-order chi connectivity index (χ1) is 7.81. The number of amides is 1. The van der Waals surface area contributed by atoms with E-state index < -0.39 is 11.4 Å². The fourth-order valence-electron chi connectivity index (χ4n) is 1.51. The molecule has 4 N–H and O–H groups in total. The molecule has 0 bridgehead atoms. The normalized spacial score (nSPS) is 16.2. The van der Waals surface area contributed by atoms with Gasteiger partial charge in [0.15, 0.2) is 0 Å². The first-order valence-corrected chi connectivity index (χ1v) is 6.20. The second kappa shape index (κ2) is 5.51. The van der Waals surface area contributed by atoms with E-state index in [1.165, 1.54) is 23.9 Å². The second-order valence-corrected chi connectivity index (χ2v) is 5.88. The van der Waals surface area contributed by atoms with Crippen LogP contribution in [-0.2, 0) is 4.79 Å². The zero-order chi connectivity index (χ0) is 13.1. The summed E-state index contributed by atoms with van der Waals surface area (Å²) < 4.78 is 13.0. The Hall–Kier alpha value is -1.07. The summed E-state index contributed by atoms with van der Waals surface area (Å²) in [5.74, 6) is -0.795. The van der Waals surface area contributed by atoms with Crippen molar-refractivity contribution in [2.75, 3.05) is 0 Å². The highest BCUT2D eigenvalue weighted by molar-refractivity contribution is 7.99. The maximum absolute atomic E-state index is 13.0. The van der Waals surface area contributed by atoms with E-state index in [9.17, 15) is 9.18 Å². The van der Waals surface area contributed by atoms with E-state index in [1.807, 2.05) is 13.0 Å². The number of hydrogen-bond donors (Lipinski definition) is 2. The van der Waals surface area contributed by atoms with Gasteiger partial charge >= 0.3 is 0 Å². The van der Waals surface area contributed by atoms with Crippen molar-refractivity contribution in [2.24, 2.45) is 11.5 Å². The van der Waals surface area contributed by atoms with Gasteiger partial charge in [0.1, 0.15) is 5.82 Å². The van der Waals surface area contributed by atoms with Crippen LogP contribution in [0.1, 0.15) is 20.3 Å². The Morgan fingerprint density at radius 2 is 2.24 bits per heavy atom. The van der Waals surface area contributed by atoms with Crippen LogP contribution in [0.4, 0.5) is 4.39 Å². The average Bonchev–Trinajstić information content (AvgIpc) is 2.15. The minimum Gasteiger partial charge on any atom is -0.368 e. The Kier molecular flexibility index (Phi) is 4.54. The summed E-state index contributed by atoms with van der Waals surface area (Å²) in [5, 5.41) is 0.0827. The van der Waals surface area contributed by atoms with Crippen molar-refractivity contribution in [3.8, 4) is 0 Å². The monoisotopic (exact) mass is 256 g/mol. The molecule has 0 heterocycles. The molecular weight excluding hydrogens is 239 g/mol. The molecule has 1 rings (SSSR count). The summed E-state index contributed by atoms with van der Waals surface area (Å²) in [6.07, 6.45) is 0.448. The molecule has 1 amide bonds. The molecule has 0 aliphatic carbocycles. The van der Waals surface area contributed by atoms with Gasteiger partial charge < -0.3 is 11.5 Å². The summed E-state index contributed by atoms with van der Waals surface area (Å²) >= 11 is 1.47. The van der Waals surface area contributed by atoms with Crippen LogP contribution in [-0.4, -0.2) is 16.7 Å². The molecule has 5 heteroatoms. The fourth-order valence-corrected chi connectivity index (χ4v) is 2.74. The highest BCUT2D eigenvalue weighted by Crippen LogP contribution is 2.28. The summed E-state index contributed by atoms with van der Waals surface area (Å²) in [4.78, 5) is 11.9.